The average molecular weight is 436 g/mol. The van der Waals surface area contributed by atoms with Crippen LogP contribution in [-0.4, -0.2) is 42.0 Å². The minimum Gasteiger partial charge on any atom is -0.301 e. The van der Waals surface area contributed by atoms with Crippen molar-refractivity contribution >= 4 is 22.5 Å². The van der Waals surface area contributed by atoms with Gasteiger partial charge in [-0.1, -0.05) is 66.7 Å². The molecule has 0 bridgehead atoms. The first-order chi connectivity index (χ1) is 16.3. The number of pyridine rings is 1. The lowest BCUT2D eigenvalue weighted by atomic mass is 9.89. The van der Waals surface area contributed by atoms with Gasteiger partial charge in [-0.25, -0.2) is 4.98 Å². The molecule has 5 rings (SSSR count). The standard InChI is InChI=1S/C29H29N3O/c33-29(24-10-2-1-3-11-24)32(28-14-6-7-17-30-28)20-19-31-18-8-13-27(22-31)26-16-15-23-9-4-5-12-25(23)21-26/h1-7,9-12,14-17,21,27H,8,13,18-20,22H2. The molecule has 33 heavy (non-hydrogen) atoms. The van der Waals surface area contributed by atoms with Gasteiger partial charge in [0.1, 0.15) is 5.82 Å². The minimum absolute atomic E-state index is 0.00242. The van der Waals surface area contributed by atoms with Gasteiger partial charge in [-0.05, 0) is 65.9 Å². The SMILES string of the molecule is O=C(c1ccccc1)N(CCN1CCCC(c2ccc3ccccc3c2)C1)c1ccccn1. The van der Waals surface area contributed by atoms with Crippen LogP contribution in [0.5, 0.6) is 0 Å². The molecule has 166 valence electrons. The molecule has 1 fully saturated rings. The van der Waals surface area contributed by atoms with E-state index < -0.39 is 0 Å². The molecule has 0 aliphatic carbocycles. The van der Waals surface area contributed by atoms with Crippen molar-refractivity contribution in [2.24, 2.45) is 0 Å². The van der Waals surface area contributed by atoms with Crippen molar-refractivity contribution in [3.8, 4) is 0 Å². The third kappa shape index (κ3) is 4.96. The number of carbonyl (C=O) groups is 1. The highest BCUT2D eigenvalue weighted by Gasteiger charge is 2.24. The number of likely N-dealkylation sites (tertiary alicyclic amines) is 1. The van der Waals surface area contributed by atoms with Gasteiger partial charge in [0.15, 0.2) is 0 Å². The molecule has 0 spiro atoms. The van der Waals surface area contributed by atoms with Gasteiger partial charge in [0.05, 0.1) is 0 Å². The maximum atomic E-state index is 13.3. The van der Waals surface area contributed by atoms with Crippen LogP contribution in [0.25, 0.3) is 10.8 Å². The number of anilines is 1. The van der Waals surface area contributed by atoms with E-state index in [0.29, 0.717) is 23.8 Å². The molecular formula is C29H29N3O. The van der Waals surface area contributed by atoms with Gasteiger partial charge in [-0.15, -0.1) is 0 Å². The van der Waals surface area contributed by atoms with Crippen molar-refractivity contribution in [2.45, 2.75) is 18.8 Å². The first-order valence-electron chi connectivity index (χ1n) is 11.8. The van der Waals surface area contributed by atoms with E-state index in [1.807, 2.05) is 53.4 Å². The molecule has 0 radical (unpaired) electrons. The van der Waals surface area contributed by atoms with Crippen LogP contribution in [0.4, 0.5) is 5.82 Å². The number of aromatic nitrogens is 1. The fraction of sp³-hybridized carbons (Fsp3) is 0.241. The quantitative estimate of drug-likeness (QED) is 0.386. The lowest BCUT2D eigenvalue weighted by Gasteiger charge is -2.34. The number of nitrogens with zero attached hydrogens (tertiary/aromatic N) is 3. The average Bonchev–Trinajstić information content (AvgIpc) is 2.90. The van der Waals surface area contributed by atoms with Crippen molar-refractivity contribution in [1.29, 1.82) is 0 Å². The zero-order valence-electron chi connectivity index (χ0n) is 18.8. The zero-order chi connectivity index (χ0) is 22.5. The second kappa shape index (κ2) is 9.97. The van der Waals surface area contributed by atoms with Crippen LogP contribution >= 0.6 is 0 Å². The summed E-state index contributed by atoms with van der Waals surface area (Å²) in [5.74, 6) is 1.23. The van der Waals surface area contributed by atoms with Crippen molar-refractivity contribution in [2.75, 3.05) is 31.1 Å². The lowest BCUT2D eigenvalue weighted by molar-refractivity contribution is 0.0980. The molecule has 1 aromatic heterocycles. The van der Waals surface area contributed by atoms with Gasteiger partial charge in [-0.2, -0.15) is 0 Å². The Morgan fingerprint density at radius 1 is 0.909 bits per heavy atom. The van der Waals surface area contributed by atoms with Crippen LogP contribution in [0.2, 0.25) is 0 Å². The fourth-order valence-electron chi connectivity index (χ4n) is 4.80. The largest absolute Gasteiger partial charge is 0.301 e. The van der Waals surface area contributed by atoms with Crippen LogP contribution < -0.4 is 4.90 Å². The monoisotopic (exact) mass is 435 g/mol. The lowest BCUT2D eigenvalue weighted by Crippen LogP contribution is -2.42. The molecule has 4 heteroatoms. The molecule has 2 heterocycles. The van der Waals surface area contributed by atoms with E-state index in [2.05, 4.69) is 52.3 Å². The zero-order valence-corrected chi connectivity index (χ0v) is 18.8. The summed E-state index contributed by atoms with van der Waals surface area (Å²) in [7, 11) is 0. The molecule has 0 saturated carbocycles. The molecule has 1 aliphatic heterocycles. The molecule has 1 amide bonds. The van der Waals surface area contributed by atoms with Crippen molar-refractivity contribution in [3.05, 3.63) is 108 Å². The maximum absolute atomic E-state index is 13.3. The van der Waals surface area contributed by atoms with Gasteiger partial charge in [0.2, 0.25) is 0 Å². The summed E-state index contributed by atoms with van der Waals surface area (Å²) in [5.41, 5.74) is 2.11. The summed E-state index contributed by atoms with van der Waals surface area (Å²) in [6.07, 6.45) is 4.13. The number of fused-ring (bicyclic) bond motifs is 1. The van der Waals surface area contributed by atoms with E-state index in [9.17, 15) is 4.79 Å². The third-order valence-corrected chi connectivity index (χ3v) is 6.58. The number of hydrogen-bond donors (Lipinski definition) is 0. The van der Waals surface area contributed by atoms with Crippen molar-refractivity contribution in [1.82, 2.24) is 9.88 Å². The Kier molecular flexibility index (Phi) is 6.45. The Morgan fingerprint density at radius 3 is 2.52 bits per heavy atom. The number of benzene rings is 3. The van der Waals surface area contributed by atoms with Crippen LogP contribution in [0.15, 0.2) is 97.2 Å². The Bertz CT molecular complexity index is 1210. The molecule has 4 aromatic rings. The molecule has 0 N–H and O–H groups in total. The Labute approximate surface area is 195 Å². The highest BCUT2D eigenvalue weighted by molar-refractivity contribution is 6.05. The normalized spacial score (nSPS) is 16.5. The van der Waals surface area contributed by atoms with Crippen LogP contribution in [0, 0.1) is 0 Å². The second-order valence-corrected chi connectivity index (χ2v) is 8.76. The summed E-state index contributed by atoms with van der Waals surface area (Å²) in [6.45, 7) is 3.54. The first-order valence-corrected chi connectivity index (χ1v) is 11.8. The topological polar surface area (TPSA) is 36.4 Å². The van der Waals surface area contributed by atoms with E-state index in [-0.39, 0.29) is 5.91 Å². The van der Waals surface area contributed by atoms with Crippen molar-refractivity contribution in [3.63, 3.8) is 0 Å². The third-order valence-electron chi connectivity index (χ3n) is 6.58. The minimum atomic E-state index is -0.00242. The molecule has 1 unspecified atom stereocenters. The predicted molar refractivity (Wildman–Crippen MR) is 135 cm³/mol. The summed E-state index contributed by atoms with van der Waals surface area (Å²) in [5, 5.41) is 2.60. The summed E-state index contributed by atoms with van der Waals surface area (Å²) in [6, 6.07) is 30.7. The smallest absolute Gasteiger partial charge is 0.259 e. The van der Waals surface area contributed by atoms with Crippen LogP contribution in [0.1, 0.15) is 34.7 Å². The Hall–Kier alpha value is -3.50. The highest BCUT2D eigenvalue weighted by atomic mass is 16.2. The first kappa shape index (κ1) is 21.4. The number of rotatable bonds is 6. The van der Waals surface area contributed by atoms with E-state index in [0.717, 1.165) is 19.6 Å². The maximum Gasteiger partial charge on any atom is 0.259 e. The molecule has 3 aromatic carbocycles. The predicted octanol–water partition coefficient (Wildman–Crippen LogP) is 5.76. The number of piperidine rings is 1. The fourth-order valence-corrected chi connectivity index (χ4v) is 4.80. The number of amides is 1. The number of carbonyl (C=O) groups excluding carboxylic acids is 1. The van der Waals surface area contributed by atoms with Gasteiger partial charge < -0.3 is 4.90 Å². The Morgan fingerprint density at radius 2 is 1.70 bits per heavy atom. The van der Waals surface area contributed by atoms with E-state index in [1.54, 1.807) is 6.20 Å². The van der Waals surface area contributed by atoms with E-state index >= 15 is 0 Å². The van der Waals surface area contributed by atoms with E-state index in [1.165, 1.54) is 29.2 Å². The molecule has 1 aliphatic rings. The van der Waals surface area contributed by atoms with Gasteiger partial charge in [-0.3, -0.25) is 9.69 Å². The second-order valence-electron chi connectivity index (χ2n) is 8.76. The summed E-state index contributed by atoms with van der Waals surface area (Å²) in [4.78, 5) is 22.1. The van der Waals surface area contributed by atoms with Gasteiger partial charge >= 0.3 is 0 Å². The van der Waals surface area contributed by atoms with Gasteiger partial charge in [0.25, 0.3) is 5.91 Å². The highest BCUT2D eigenvalue weighted by Crippen LogP contribution is 2.29. The molecule has 4 nitrogen and oxygen atoms in total. The van der Waals surface area contributed by atoms with E-state index in [4.69, 9.17) is 0 Å². The van der Waals surface area contributed by atoms with Crippen LogP contribution in [0.3, 0.4) is 0 Å². The Balaban J connectivity index is 1.30. The number of hydrogen-bond acceptors (Lipinski definition) is 3. The summed E-state index contributed by atoms with van der Waals surface area (Å²) < 4.78 is 0. The van der Waals surface area contributed by atoms with Crippen LogP contribution in [-0.2, 0) is 0 Å². The summed E-state index contributed by atoms with van der Waals surface area (Å²) >= 11 is 0. The molecular weight excluding hydrogens is 406 g/mol. The molecule has 1 saturated heterocycles. The molecule has 1 atom stereocenters. The van der Waals surface area contributed by atoms with Crippen molar-refractivity contribution < 1.29 is 4.79 Å². The van der Waals surface area contributed by atoms with Gasteiger partial charge in [0, 0.05) is 31.4 Å².